The largest absolute Gasteiger partial charge is 0.278 e. The van der Waals surface area contributed by atoms with Gasteiger partial charge < -0.3 is 0 Å². The molecule has 4 nitrogen and oxygen atoms in total. The molecule has 11 rings (SSSR count). The number of rotatable bonds is 3. The van der Waals surface area contributed by atoms with Crippen LogP contribution in [0.5, 0.6) is 0 Å². The lowest BCUT2D eigenvalue weighted by atomic mass is 9.64. The fourth-order valence-electron chi connectivity index (χ4n) is 9.06. The summed E-state index contributed by atoms with van der Waals surface area (Å²) >= 11 is 1.80. The van der Waals surface area contributed by atoms with Gasteiger partial charge in [0, 0.05) is 31.3 Å². The van der Waals surface area contributed by atoms with E-state index < -0.39 is 5.41 Å². The van der Waals surface area contributed by atoms with Crippen molar-refractivity contribution in [2.75, 3.05) is 4.90 Å². The van der Waals surface area contributed by atoms with Gasteiger partial charge in [0.15, 0.2) is 11.6 Å². The summed E-state index contributed by atoms with van der Waals surface area (Å²) in [5, 5.41) is 2.39. The van der Waals surface area contributed by atoms with Crippen LogP contribution in [0.1, 0.15) is 48.6 Å². The van der Waals surface area contributed by atoms with Crippen molar-refractivity contribution in [1.29, 1.82) is 0 Å². The Hall–Kier alpha value is -6.43. The number of benzene rings is 7. The molecule has 2 aromatic heterocycles. The molecule has 0 amide bonds. The molecule has 5 heteroatoms. The highest BCUT2D eigenvalue weighted by molar-refractivity contribution is 7.25. The predicted molar refractivity (Wildman–Crippen MR) is 228 cm³/mol. The van der Waals surface area contributed by atoms with Crippen LogP contribution in [0.3, 0.4) is 0 Å². The quantitative estimate of drug-likeness (QED) is 0.182. The van der Waals surface area contributed by atoms with E-state index in [4.69, 9.17) is 15.0 Å². The Kier molecular flexibility index (Phi) is 6.86. The number of hydrogen-bond acceptors (Lipinski definition) is 5. The topological polar surface area (TPSA) is 41.9 Å². The Labute approximate surface area is 324 Å². The van der Waals surface area contributed by atoms with E-state index in [9.17, 15) is 0 Å². The second-order valence-corrected chi connectivity index (χ2v) is 16.7. The Morgan fingerprint density at radius 3 is 1.85 bits per heavy atom. The minimum absolute atomic E-state index is 0.0192. The fourth-order valence-corrected chi connectivity index (χ4v) is 10.2. The van der Waals surface area contributed by atoms with Gasteiger partial charge in [-0.05, 0) is 68.6 Å². The highest BCUT2D eigenvalue weighted by atomic mass is 32.1. The molecule has 2 aliphatic rings. The van der Waals surface area contributed by atoms with E-state index in [2.05, 4.69) is 171 Å². The first-order valence-electron chi connectivity index (χ1n) is 18.9. The van der Waals surface area contributed by atoms with Crippen molar-refractivity contribution in [2.45, 2.75) is 31.6 Å². The van der Waals surface area contributed by atoms with Crippen LogP contribution in [-0.4, -0.2) is 15.0 Å². The van der Waals surface area contributed by atoms with Crippen molar-refractivity contribution >= 4 is 48.8 Å². The molecule has 3 heterocycles. The van der Waals surface area contributed by atoms with E-state index in [0.717, 1.165) is 22.5 Å². The third-order valence-electron chi connectivity index (χ3n) is 11.5. The molecule has 0 saturated carbocycles. The van der Waals surface area contributed by atoms with Crippen molar-refractivity contribution in [1.82, 2.24) is 15.0 Å². The smallest absolute Gasteiger partial charge is 0.238 e. The number of hydrogen-bond donors (Lipinski definition) is 0. The van der Waals surface area contributed by atoms with Crippen molar-refractivity contribution in [3.05, 3.63) is 192 Å². The van der Waals surface area contributed by atoms with Crippen LogP contribution >= 0.6 is 11.3 Å². The van der Waals surface area contributed by atoms with E-state index in [0.29, 0.717) is 17.6 Å². The molecular weight excluding hydrogens is 689 g/mol. The summed E-state index contributed by atoms with van der Waals surface area (Å²) in [6.45, 7) is 6.88. The van der Waals surface area contributed by atoms with Crippen LogP contribution in [0, 0.1) is 0 Å². The Bertz CT molecular complexity index is 2940. The molecule has 0 unspecified atom stereocenters. The predicted octanol–water partition coefficient (Wildman–Crippen LogP) is 13.0. The number of thiophene rings is 1. The molecule has 0 radical (unpaired) electrons. The first-order valence-corrected chi connectivity index (χ1v) is 19.7. The lowest BCUT2D eigenvalue weighted by Gasteiger charge is -2.44. The highest BCUT2D eigenvalue weighted by Gasteiger charge is 2.52. The van der Waals surface area contributed by atoms with Crippen LogP contribution in [-0.2, 0) is 10.8 Å². The van der Waals surface area contributed by atoms with E-state index in [1.807, 2.05) is 18.2 Å². The summed E-state index contributed by atoms with van der Waals surface area (Å²) in [5.74, 6) is 1.88. The van der Waals surface area contributed by atoms with E-state index in [-0.39, 0.29) is 5.41 Å². The van der Waals surface area contributed by atoms with Crippen molar-refractivity contribution < 1.29 is 0 Å². The summed E-state index contributed by atoms with van der Waals surface area (Å²) in [7, 11) is 0. The SMILES string of the molecule is CC(C)(C)c1ccc2c(c1)-c1ccccc1C21c2ccccc2N(c2nc(-c3ccccc3)nc(-c3cccc4sc5ccccc5c34)n2)c2ccccc21. The summed E-state index contributed by atoms with van der Waals surface area (Å²) in [5.41, 5.74) is 12.5. The van der Waals surface area contributed by atoms with Crippen LogP contribution in [0.2, 0.25) is 0 Å². The zero-order valence-corrected chi connectivity index (χ0v) is 31.6. The number of nitrogens with zero attached hydrogens (tertiary/aromatic N) is 4. The molecule has 55 heavy (non-hydrogen) atoms. The van der Waals surface area contributed by atoms with Gasteiger partial charge >= 0.3 is 0 Å². The zero-order valence-electron chi connectivity index (χ0n) is 30.8. The maximum atomic E-state index is 5.44. The molecule has 262 valence electrons. The standard InChI is InChI=1S/C50H36N4S/c1-49(2,3)32-28-29-38-36(30-32)33-18-7-9-21-37(33)50(38)39-22-10-12-24-41(39)54(42-25-13-11-23-40(42)50)48-52-46(31-16-5-4-6-17-31)51-47(53-48)35-20-15-27-44-45(35)34-19-8-14-26-43(34)55-44/h4-30H,1-3H3. The van der Waals surface area contributed by atoms with Gasteiger partial charge in [-0.25, -0.2) is 4.98 Å². The van der Waals surface area contributed by atoms with Crippen molar-refractivity contribution in [2.24, 2.45) is 0 Å². The first kappa shape index (κ1) is 32.0. The maximum Gasteiger partial charge on any atom is 0.238 e. The van der Waals surface area contributed by atoms with Crippen molar-refractivity contribution in [3.8, 4) is 33.9 Å². The van der Waals surface area contributed by atoms with E-state index in [1.165, 1.54) is 59.1 Å². The van der Waals surface area contributed by atoms with Crippen LogP contribution in [0.4, 0.5) is 17.3 Å². The zero-order chi connectivity index (χ0) is 36.9. The molecule has 1 spiro atoms. The number of anilines is 3. The summed E-state index contributed by atoms with van der Waals surface area (Å²) in [6, 6.07) is 59.2. The number of aromatic nitrogens is 3. The summed E-state index contributed by atoms with van der Waals surface area (Å²) < 4.78 is 2.46. The average molecular weight is 725 g/mol. The number of para-hydroxylation sites is 2. The summed E-state index contributed by atoms with van der Waals surface area (Å²) in [6.07, 6.45) is 0. The van der Waals surface area contributed by atoms with Gasteiger partial charge in [-0.3, -0.25) is 4.90 Å². The Morgan fingerprint density at radius 1 is 0.491 bits per heavy atom. The maximum absolute atomic E-state index is 5.44. The van der Waals surface area contributed by atoms with Crippen LogP contribution in [0.15, 0.2) is 164 Å². The minimum atomic E-state index is -0.536. The van der Waals surface area contributed by atoms with Crippen molar-refractivity contribution in [3.63, 3.8) is 0 Å². The third kappa shape index (κ3) is 4.60. The lowest BCUT2D eigenvalue weighted by molar-refractivity contribution is 0.590. The van der Waals surface area contributed by atoms with Crippen LogP contribution < -0.4 is 4.90 Å². The fraction of sp³-hybridized carbons (Fsp3) is 0.100. The molecule has 7 aromatic carbocycles. The van der Waals surface area contributed by atoms with E-state index in [1.54, 1.807) is 11.3 Å². The average Bonchev–Trinajstić information content (AvgIpc) is 3.75. The highest BCUT2D eigenvalue weighted by Crippen LogP contribution is 2.63. The summed E-state index contributed by atoms with van der Waals surface area (Å²) in [4.78, 5) is 18.3. The second kappa shape index (κ2) is 11.8. The van der Waals surface area contributed by atoms with Gasteiger partial charge in [-0.2, -0.15) is 9.97 Å². The van der Waals surface area contributed by atoms with Gasteiger partial charge in [-0.15, -0.1) is 11.3 Å². The Morgan fingerprint density at radius 2 is 1.09 bits per heavy atom. The van der Waals surface area contributed by atoms with Crippen LogP contribution in [0.25, 0.3) is 54.1 Å². The molecule has 0 fully saturated rings. The van der Waals surface area contributed by atoms with Gasteiger partial charge in [0.2, 0.25) is 5.95 Å². The van der Waals surface area contributed by atoms with Gasteiger partial charge in [0.25, 0.3) is 0 Å². The van der Waals surface area contributed by atoms with Gasteiger partial charge in [0.05, 0.1) is 16.8 Å². The third-order valence-corrected chi connectivity index (χ3v) is 12.6. The lowest BCUT2D eigenvalue weighted by Crippen LogP contribution is -2.36. The van der Waals surface area contributed by atoms with Gasteiger partial charge in [-0.1, -0.05) is 160 Å². The second-order valence-electron chi connectivity index (χ2n) is 15.6. The monoisotopic (exact) mass is 724 g/mol. The molecule has 0 atom stereocenters. The first-order chi connectivity index (χ1) is 26.9. The molecule has 1 aliphatic carbocycles. The van der Waals surface area contributed by atoms with E-state index >= 15 is 0 Å². The minimum Gasteiger partial charge on any atom is -0.278 e. The molecular formula is C50H36N4S. The normalized spacial score (nSPS) is 13.8. The molecule has 1 aliphatic heterocycles. The number of fused-ring (bicyclic) bond motifs is 12. The molecule has 0 saturated heterocycles. The molecule has 0 bridgehead atoms. The molecule has 0 N–H and O–H groups in total. The van der Waals surface area contributed by atoms with Gasteiger partial charge in [0.1, 0.15) is 0 Å². The molecule has 9 aromatic rings. The Balaban J connectivity index is 1.20.